The van der Waals surface area contributed by atoms with E-state index in [-0.39, 0.29) is 24.1 Å². The summed E-state index contributed by atoms with van der Waals surface area (Å²) in [6.45, 7) is 0.149. The highest BCUT2D eigenvalue weighted by atomic mass is 32.2. The number of carbonyl (C=O) groups is 1. The van der Waals surface area contributed by atoms with Crippen LogP contribution < -0.4 is 0 Å². The van der Waals surface area contributed by atoms with Crippen LogP contribution >= 0.6 is 23.1 Å². The Morgan fingerprint density at radius 2 is 1.95 bits per heavy atom. The van der Waals surface area contributed by atoms with Crippen LogP contribution in [0, 0.1) is 5.82 Å². The molecule has 0 unspecified atom stereocenters. The number of thiazole rings is 1. The van der Waals surface area contributed by atoms with E-state index in [2.05, 4.69) is 4.98 Å². The molecular formula is C16H12FNO2S2. The number of halogens is 1. The number of rotatable bonds is 5. The van der Waals surface area contributed by atoms with Crippen molar-refractivity contribution in [2.24, 2.45) is 0 Å². The van der Waals surface area contributed by atoms with Crippen LogP contribution in [0.15, 0.2) is 53.4 Å². The number of ether oxygens (including phenoxy) is 1. The average molecular weight is 333 g/mol. The maximum atomic E-state index is 13.4. The Morgan fingerprint density at radius 1 is 1.18 bits per heavy atom. The molecule has 0 fully saturated rings. The summed E-state index contributed by atoms with van der Waals surface area (Å²) in [6, 6.07) is 14.1. The first-order valence-corrected chi connectivity index (χ1v) is 8.40. The fourth-order valence-electron chi connectivity index (χ4n) is 1.86. The molecular weight excluding hydrogens is 321 g/mol. The van der Waals surface area contributed by atoms with Crippen molar-refractivity contribution in [2.75, 3.05) is 5.75 Å². The maximum absolute atomic E-state index is 13.4. The smallest absolute Gasteiger partial charge is 0.316 e. The van der Waals surface area contributed by atoms with Gasteiger partial charge in [-0.2, -0.15) is 0 Å². The van der Waals surface area contributed by atoms with Gasteiger partial charge in [-0.3, -0.25) is 4.79 Å². The van der Waals surface area contributed by atoms with Gasteiger partial charge in [-0.1, -0.05) is 24.3 Å². The van der Waals surface area contributed by atoms with Gasteiger partial charge in [0.1, 0.15) is 17.4 Å². The van der Waals surface area contributed by atoms with Crippen molar-refractivity contribution in [2.45, 2.75) is 11.5 Å². The first-order chi connectivity index (χ1) is 10.7. The summed E-state index contributed by atoms with van der Waals surface area (Å²) in [5, 5.41) is 0.755. The molecule has 0 atom stereocenters. The summed E-state index contributed by atoms with van der Waals surface area (Å²) in [7, 11) is 0. The maximum Gasteiger partial charge on any atom is 0.316 e. The summed E-state index contributed by atoms with van der Waals surface area (Å²) in [5.74, 6) is -0.634. The minimum Gasteiger partial charge on any atom is -0.458 e. The van der Waals surface area contributed by atoms with E-state index in [9.17, 15) is 9.18 Å². The first-order valence-electron chi connectivity index (χ1n) is 6.60. The monoisotopic (exact) mass is 333 g/mol. The zero-order valence-corrected chi connectivity index (χ0v) is 13.1. The predicted octanol–water partition coefficient (Wildman–Crippen LogP) is 4.27. The van der Waals surface area contributed by atoms with Gasteiger partial charge in [0.25, 0.3) is 0 Å². The molecule has 2 aromatic carbocycles. The molecule has 0 aliphatic carbocycles. The lowest BCUT2D eigenvalue weighted by Crippen LogP contribution is -2.07. The molecule has 6 heteroatoms. The van der Waals surface area contributed by atoms with Gasteiger partial charge in [0.2, 0.25) is 0 Å². The second-order valence-electron chi connectivity index (χ2n) is 4.46. The normalized spacial score (nSPS) is 10.8. The van der Waals surface area contributed by atoms with E-state index in [1.54, 1.807) is 18.2 Å². The second-order valence-corrected chi connectivity index (χ2v) is 6.59. The lowest BCUT2D eigenvalue weighted by molar-refractivity contribution is -0.141. The van der Waals surface area contributed by atoms with Crippen LogP contribution in [0.1, 0.15) is 5.01 Å². The van der Waals surface area contributed by atoms with Crippen molar-refractivity contribution in [1.82, 2.24) is 4.98 Å². The molecule has 3 aromatic rings. The molecule has 3 nitrogen and oxygen atoms in total. The van der Waals surface area contributed by atoms with E-state index >= 15 is 0 Å². The van der Waals surface area contributed by atoms with Gasteiger partial charge in [-0.05, 0) is 24.3 Å². The zero-order chi connectivity index (χ0) is 15.4. The molecule has 0 amide bonds. The second kappa shape index (κ2) is 6.89. The largest absolute Gasteiger partial charge is 0.458 e. The van der Waals surface area contributed by atoms with Gasteiger partial charge >= 0.3 is 5.97 Å². The van der Waals surface area contributed by atoms with Crippen molar-refractivity contribution in [3.05, 3.63) is 59.4 Å². The van der Waals surface area contributed by atoms with Crippen LogP contribution in [-0.2, 0) is 16.1 Å². The Kier molecular flexibility index (Phi) is 4.70. The number of para-hydroxylation sites is 1. The molecule has 0 N–H and O–H groups in total. The van der Waals surface area contributed by atoms with E-state index in [1.165, 1.54) is 17.4 Å². The van der Waals surface area contributed by atoms with Crippen LogP contribution in [-0.4, -0.2) is 16.7 Å². The third kappa shape index (κ3) is 3.64. The molecule has 3 rings (SSSR count). The molecule has 112 valence electrons. The van der Waals surface area contributed by atoms with Gasteiger partial charge in [0.05, 0.1) is 16.0 Å². The summed E-state index contributed by atoms with van der Waals surface area (Å²) in [5.41, 5.74) is 0.902. The molecule has 0 aliphatic rings. The highest BCUT2D eigenvalue weighted by Gasteiger charge is 2.09. The van der Waals surface area contributed by atoms with Gasteiger partial charge in [0, 0.05) is 4.90 Å². The van der Waals surface area contributed by atoms with E-state index in [4.69, 9.17) is 4.74 Å². The topological polar surface area (TPSA) is 39.2 Å². The summed E-state index contributed by atoms with van der Waals surface area (Å²) in [4.78, 5) is 16.6. The molecule has 0 aliphatic heterocycles. The van der Waals surface area contributed by atoms with Gasteiger partial charge in [-0.25, -0.2) is 9.37 Å². The van der Waals surface area contributed by atoms with Crippen molar-refractivity contribution in [3.63, 3.8) is 0 Å². The minimum absolute atomic E-state index is 0.0752. The van der Waals surface area contributed by atoms with E-state index in [0.717, 1.165) is 27.0 Å². The standard InChI is InChI=1S/C16H12FNO2S2/c17-11-5-1-3-7-13(11)21-10-16(19)20-9-15-18-12-6-2-4-8-14(12)22-15/h1-8H,9-10H2. The van der Waals surface area contributed by atoms with Gasteiger partial charge in [0.15, 0.2) is 0 Å². The number of aromatic nitrogens is 1. The minimum atomic E-state index is -0.382. The highest BCUT2D eigenvalue weighted by molar-refractivity contribution is 8.00. The number of thioether (sulfide) groups is 1. The van der Waals surface area contributed by atoms with Crippen LogP contribution in [0.3, 0.4) is 0 Å². The zero-order valence-electron chi connectivity index (χ0n) is 11.5. The fraction of sp³-hybridized carbons (Fsp3) is 0.125. The highest BCUT2D eigenvalue weighted by Crippen LogP contribution is 2.23. The lowest BCUT2D eigenvalue weighted by Gasteiger charge is -2.03. The number of fused-ring (bicyclic) bond motifs is 1. The number of hydrogen-bond acceptors (Lipinski definition) is 5. The molecule has 0 spiro atoms. The van der Waals surface area contributed by atoms with Crippen molar-refractivity contribution < 1.29 is 13.9 Å². The summed E-state index contributed by atoms with van der Waals surface area (Å²) < 4.78 is 19.7. The molecule has 1 aromatic heterocycles. The molecule has 0 bridgehead atoms. The first kappa shape index (κ1) is 15.0. The third-order valence-corrected chi connectivity index (χ3v) is 4.91. The summed E-state index contributed by atoms with van der Waals surface area (Å²) >= 11 is 2.63. The van der Waals surface area contributed by atoms with Crippen LogP contribution in [0.4, 0.5) is 4.39 Å². The number of hydrogen-bond donors (Lipinski definition) is 0. The van der Waals surface area contributed by atoms with E-state index in [1.807, 2.05) is 24.3 Å². The molecule has 0 saturated carbocycles. The van der Waals surface area contributed by atoms with E-state index < -0.39 is 0 Å². The lowest BCUT2D eigenvalue weighted by atomic mass is 10.3. The summed E-state index contributed by atoms with van der Waals surface area (Å²) in [6.07, 6.45) is 0. The van der Waals surface area contributed by atoms with Crippen LogP contribution in [0.2, 0.25) is 0 Å². The van der Waals surface area contributed by atoms with E-state index in [0.29, 0.717) is 4.90 Å². The molecule has 1 heterocycles. The van der Waals surface area contributed by atoms with Gasteiger partial charge in [-0.15, -0.1) is 23.1 Å². The SMILES string of the molecule is O=C(CSc1ccccc1F)OCc1nc2ccccc2s1. The fourth-order valence-corrected chi connectivity index (χ4v) is 3.48. The van der Waals surface area contributed by atoms with Gasteiger partial charge < -0.3 is 4.74 Å². The van der Waals surface area contributed by atoms with Crippen molar-refractivity contribution in [3.8, 4) is 0 Å². The molecule has 0 radical (unpaired) electrons. The molecule has 22 heavy (non-hydrogen) atoms. The number of nitrogens with zero attached hydrogens (tertiary/aromatic N) is 1. The Bertz CT molecular complexity index is 770. The third-order valence-electron chi connectivity index (χ3n) is 2.88. The van der Waals surface area contributed by atoms with Crippen LogP contribution in [0.25, 0.3) is 10.2 Å². The number of carbonyl (C=O) groups excluding carboxylic acids is 1. The number of benzene rings is 2. The van der Waals surface area contributed by atoms with Crippen molar-refractivity contribution >= 4 is 39.3 Å². The Balaban J connectivity index is 1.53. The Labute approximate surface area is 135 Å². The Hall–Kier alpha value is -1.92. The molecule has 0 saturated heterocycles. The quantitative estimate of drug-likeness (QED) is 0.516. The predicted molar refractivity (Wildman–Crippen MR) is 86.5 cm³/mol. The Morgan fingerprint density at radius 3 is 2.77 bits per heavy atom. The number of esters is 1. The van der Waals surface area contributed by atoms with Crippen LogP contribution in [0.5, 0.6) is 0 Å². The average Bonchev–Trinajstić information content (AvgIpc) is 2.95. The van der Waals surface area contributed by atoms with Crippen molar-refractivity contribution in [1.29, 1.82) is 0 Å².